The highest BCUT2D eigenvalue weighted by atomic mass is 35.5. The van der Waals surface area contributed by atoms with Gasteiger partial charge in [-0.1, -0.05) is 12.1 Å². The van der Waals surface area contributed by atoms with Crippen LogP contribution >= 0.6 is 12.4 Å². The fourth-order valence-electron chi connectivity index (χ4n) is 3.45. The highest BCUT2D eigenvalue weighted by Gasteiger charge is 2.45. The molecular weight excluding hydrogens is 462 g/mol. The van der Waals surface area contributed by atoms with Gasteiger partial charge in [0.25, 0.3) is 0 Å². The van der Waals surface area contributed by atoms with E-state index in [1.807, 2.05) is 6.07 Å². The lowest BCUT2D eigenvalue weighted by molar-refractivity contribution is 0.305. The molecule has 1 aromatic heterocycles. The van der Waals surface area contributed by atoms with E-state index in [4.69, 9.17) is 9.47 Å². The lowest BCUT2D eigenvalue weighted by Crippen LogP contribution is -2.16. The molecule has 2 aromatic carbocycles. The molecule has 2 heterocycles. The van der Waals surface area contributed by atoms with E-state index in [0.717, 1.165) is 5.56 Å². The van der Waals surface area contributed by atoms with E-state index in [1.165, 1.54) is 25.3 Å². The molecule has 0 fully saturated rings. The zero-order chi connectivity index (χ0) is 21.4. The van der Waals surface area contributed by atoms with Gasteiger partial charge in [-0.2, -0.15) is 0 Å². The first-order valence-electron chi connectivity index (χ1n) is 9.08. The average molecular weight is 482 g/mol. The second-order valence-electron chi connectivity index (χ2n) is 6.81. The number of aromatic nitrogens is 1. The Balaban J connectivity index is 0.00000272. The molecule has 31 heavy (non-hydrogen) atoms. The maximum atomic E-state index is 13.3. The van der Waals surface area contributed by atoms with Crippen molar-refractivity contribution >= 4 is 32.1 Å². The lowest BCUT2D eigenvalue weighted by Gasteiger charge is -2.15. The van der Waals surface area contributed by atoms with Gasteiger partial charge >= 0.3 is 0 Å². The molecule has 0 radical (unpaired) electrons. The number of pyridine rings is 1. The summed E-state index contributed by atoms with van der Waals surface area (Å²) in [5, 5.41) is -1.23. The molecule has 10 heteroatoms. The van der Waals surface area contributed by atoms with E-state index < -0.39 is 30.7 Å². The minimum Gasteiger partial charge on any atom is -0.496 e. The summed E-state index contributed by atoms with van der Waals surface area (Å²) in [6, 6.07) is 14.1. The summed E-state index contributed by atoms with van der Waals surface area (Å²) in [5.41, 5.74) is 1.07. The molecule has 0 spiro atoms. The maximum Gasteiger partial charge on any atom is 0.186 e. The monoisotopic (exact) mass is 481 g/mol. The minimum atomic E-state index is -3.96. The summed E-state index contributed by atoms with van der Waals surface area (Å²) in [6.45, 7) is 0.297. The van der Waals surface area contributed by atoms with E-state index >= 15 is 0 Å². The molecule has 1 atom stereocenters. The predicted octanol–water partition coefficient (Wildman–Crippen LogP) is 3.39. The van der Waals surface area contributed by atoms with Crippen molar-refractivity contribution in [2.45, 2.75) is 21.6 Å². The maximum absolute atomic E-state index is 13.3. The number of methoxy groups -OCH3 is 1. The molecular formula is C21H20ClNO6S2. The largest absolute Gasteiger partial charge is 0.496 e. The number of ether oxygens (including phenoxy) is 2. The number of fused-ring (bicyclic) bond motifs is 1. The van der Waals surface area contributed by atoms with Gasteiger partial charge in [0.15, 0.2) is 19.7 Å². The molecule has 1 unspecified atom stereocenters. The van der Waals surface area contributed by atoms with Gasteiger partial charge in [0.05, 0.1) is 22.7 Å². The van der Waals surface area contributed by atoms with Crippen molar-refractivity contribution in [3.63, 3.8) is 0 Å². The molecule has 1 aliphatic rings. The van der Waals surface area contributed by atoms with E-state index in [1.54, 1.807) is 42.7 Å². The lowest BCUT2D eigenvalue weighted by atomic mass is 10.1. The normalized spacial score (nSPS) is 16.7. The van der Waals surface area contributed by atoms with Gasteiger partial charge in [-0.15, -0.1) is 12.4 Å². The van der Waals surface area contributed by atoms with Crippen LogP contribution in [0.5, 0.6) is 11.5 Å². The van der Waals surface area contributed by atoms with Gasteiger partial charge in [0.1, 0.15) is 23.4 Å². The Morgan fingerprint density at radius 1 is 1.06 bits per heavy atom. The Hall–Kier alpha value is -2.62. The van der Waals surface area contributed by atoms with Crippen molar-refractivity contribution in [3.8, 4) is 11.5 Å². The predicted molar refractivity (Wildman–Crippen MR) is 117 cm³/mol. The first-order chi connectivity index (χ1) is 14.3. The number of hydrogen-bond acceptors (Lipinski definition) is 7. The van der Waals surface area contributed by atoms with Crippen LogP contribution in [0.3, 0.4) is 0 Å². The molecule has 0 bridgehead atoms. The van der Waals surface area contributed by atoms with Crippen LogP contribution in [0.25, 0.3) is 0 Å². The number of rotatable bonds is 6. The van der Waals surface area contributed by atoms with E-state index in [-0.39, 0.29) is 33.5 Å². The molecule has 0 aliphatic carbocycles. The highest BCUT2D eigenvalue weighted by molar-refractivity contribution is 7.96. The Bertz CT molecular complexity index is 1280. The van der Waals surface area contributed by atoms with Crippen molar-refractivity contribution in [2.24, 2.45) is 0 Å². The summed E-state index contributed by atoms with van der Waals surface area (Å²) < 4.78 is 62.5. The average Bonchev–Trinajstić information content (AvgIpc) is 3.05. The van der Waals surface area contributed by atoms with Crippen molar-refractivity contribution in [1.29, 1.82) is 0 Å². The first kappa shape index (κ1) is 23.1. The fraction of sp³-hybridized carbons (Fsp3) is 0.190. The number of benzene rings is 2. The van der Waals surface area contributed by atoms with Gasteiger partial charge in [0, 0.05) is 23.5 Å². The van der Waals surface area contributed by atoms with Crippen LogP contribution in [-0.4, -0.2) is 34.7 Å². The molecule has 4 rings (SSSR count). The Morgan fingerprint density at radius 2 is 1.81 bits per heavy atom. The third kappa shape index (κ3) is 4.39. The first-order valence-corrected chi connectivity index (χ1v) is 12.3. The molecule has 0 saturated heterocycles. The molecule has 0 amide bonds. The van der Waals surface area contributed by atoms with Gasteiger partial charge < -0.3 is 9.47 Å². The number of hydrogen-bond donors (Lipinski definition) is 0. The van der Waals surface area contributed by atoms with Crippen molar-refractivity contribution < 1.29 is 26.3 Å². The second kappa shape index (κ2) is 8.86. The second-order valence-corrected chi connectivity index (χ2v) is 10.9. The number of nitrogens with zero attached hydrogens (tertiary/aromatic N) is 1. The molecule has 0 saturated carbocycles. The van der Waals surface area contributed by atoms with Crippen molar-refractivity contribution in [3.05, 3.63) is 78.1 Å². The summed E-state index contributed by atoms with van der Waals surface area (Å²) in [4.78, 5) is 4.04. The van der Waals surface area contributed by atoms with Crippen LogP contribution in [0.15, 0.2) is 76.8 Å². The number of halogens is 1. The molecule has 0 N–H and O–H groups in total. The molecule has 7 nitrogen and oxygen atoms in total. The van der Waals surface area contributed by atoms with Crippen molar-refractivity contribution in [2.75, 3.05) is 12.9 Å². The third-order valence-corrected chi connectivity index (χ3v) is 9.02. The van der Waals surface area contributed by atoms with Crippen LogP contribution in [0.1, 0.15) is 16.4 Å². The summed E-state index contributed by atoms with van der Waals surface area (Å²) in [7, 11) is -6.29. The zero-order valence-corrected chi connectivity index (χ0v) is 18.9. The topological polar surface area (TPSA) is 99.6 Å². The molecule has 1 aliphatic heterocycles. The van der Waals surface area contributed by atoms with Crippen LogP contribution in [0.4, 0.5) is 0 Å². The zero-order valence-electron chi connectivity index (χ0n) is 16.5. The Kier molecular flexibility index (Phi) is 6.59. The van der Waals surface area contributed by atoms with E-state index in [0.29, 0.717) is 12.4 Å². The highest BCUT2D eigenvalue weighted by Crippen LogP contribution is 2.45. The van der Waals surface area contributed by atoms with E-state index in [2.05, 4.69) is 4.98 Å². The molecule has 164 valence electrons. The Labute approximate surface area is 187 Å². The Morgan fingerprint density at radius 3 is 2.45 bits per heavy atom. The van der Waals surface area contributed by atoms with Gasteiger partial charge in [-0.3, -0.25) is 4.98 Å². The minimum absolute atomic E-state index is 0. The number of sulfone groups is 2. The van der Waals surface area contributed by atoms with Gasteiger partial charge in [-0.05, 0) is 42.5 Å². The van der Waals surface area contributed by atoms with Crippen LogP contribution in [0.2, 0.25) is 0 Å². The van der Waals surface area contributed by atoms with E-state index in [9.17, 15) is 16.8 Å². The van der Waals surface area contributed by atoms with Crippen LogP contribution in [-0.2, 0) is 26.3 Å². The van der Waals surface area contributed by atoms with Crippen LogP contribution in [0, 0.1) is 0 Å². The quantitative estimate of drug-likeness (QED) is 0.532. The van der Waals surface area contributed by atoms with Crippen LogP contribution < -0.4 is 9.47 Å². The fourth-order valence-corrected chi connectivity index (χ4v) is 7.78. The van der Waals surface area contributed by atoms with Crippen molar-refractivity contribution in [1.82, 2.24) is 4.98 Å². The summed E-state index contributed by atoms with van der Waals surface area (Å²) >= 11 is 0. The summed E-state index contributed by atoms with van der Waals surface area (Å²) in [6.07, 6.45) is 3.35. The molecule has 3 aromatic rings. The van der Waals surface area contributed by atoms with Gasteiger partial charge in [0.2, 0.25) is 0 Å². The standard InChI is InChI=1S/C21H19NO6S2.ClH/c1-27-18-5-2-6-19-21(18)20(14-29(19,23)24)30(25,26)17-9-7-16(8-10-17)28-13-15-4-3-11-22-12-15;/h2-12,20H,13-14H2,1H3;1H. The van der Waals surface area contributed by atoms with Gasteiger partial charge in [-0.25, -0.2) is 16.8 Å². The smallest absolute Gasteiger partial charge is 0.186 e. The SMILES string of the molecule is COc1cccc2c1C(S(=O)(=O)c1ccc(OCc3cccnc3)cc1)CS2(=O)=O.Cl. The third-order valence-electron chi connectivity index (χ3n) is 4.93. The summed E-state index contributed by atoms with van der Waals surface area (Å²) in [5.74, 6) is 0.234.